The molecule has 1 amide bonds. The number of nitrogens with one attached hydrogen (secondary N) is 1. The minimum Gasteiger partial charge on any atom is -0.378 e. The van der Waals surface area contributed by atoms with Crippen LogP contribution in [0.5, 0.6) is 0 Å². The average molecular weight is 557 g/mol. The molecular formula is C28H31ClF2N6O2. The summed E-state index contributed by atoms with van der Waals surface area (Å²) >= 11 is 5.91. The van der Waals surface area contributed by atoms with E-state index in [1.165, 1.54) is 18.2 Å². The molecule has 0 saturated carbocycles. The van der Waals surface area contributed by atoms with Crippen LogP contribution in [0, 0.1) is 11.6 Å². The molecule has 5 rings (SSSR count). The van der Waals surface area contributed by atoms with Crippen LogP contribution in [0.1, 0.15) is 24.2 Å². The first-order chi connectivity index (χ1) is 18.7. The predicted octanol–water partition coefficient (Wildman–Crippen LogP) is 4.69. The predicted molar refractivity (Wildman–Crippen MR) is 149 cm³/mol. The molecular weight excluding hydrogens is 526 g/mol. The second-order valence-corrected chi connectivity index (χ2v) is 10.5. The van der Waals surface area contributed by atoms with Gasteiger partial charge in [0.2, 0.25) is 5.95 Å². The molecule has 2 aromatic carbocycles. The smallest absolute Gasteiger partial charge is 0.255 e. The number of ether oxygens (including phenoxy) is 1. The van der Waals surface area contributed by atoms with E-state index in [0.717, 1.165) is 6.07 Å². The Balaban J connectivity index is 1.50. The third kappa shape index (κ3) is 5.83. The highest BCUT2D eigenvalue weighted by atomic mass is 35.5. The van der Waals surface area contributed by atoms with Gasteiger partial charge in [0.05, 0.1) is 29.6 Å². The van der Waals surface area contributed by atoms with Crippen molar-refractivity contribution in [1.29, 1.82) is 0 Å². The summed E-state index contributed by atoms with van der Waals surface area (Å²) in [7, 11) is 2.07. The summed E-state index contributed by atoms with van der Waals surface area (Å²) in [6.07, 6.45) is 3.17. The second-order valence-electron chi connectivity index (χ2n) is 10.1. The molecule has 11 heteroatoms. The fourth-order valence-electron chi connectivity index (χ4n) is 4.97. The van der Waals surface area contributed by atoms with E-state index in [4.69, 9.17) is 16.3 Å². The van der Waals surface area contributed by atoms with Gasteiger partial charge in [-0.1, -0.05) is 11.6 Å². The van der Waals surface area contributed by atoms with E-state index in [0.29, 0.717) is 62.3 Å². The summed E-state index contributed by atoms with van der Waals surface area (Å²) in [5.74, 6) is -0.986. The molecule has 3 heterocycles. The van der Waals surface area contributed by atoms with Gasteiger partial charge in [0.15, 0.2) is 0 Å². The van der Waals surface area contributed by atoms with Crippen LogP contribution >= 0.6 is 11.6 Å². The summed E-state index contributed by atoms with van der Waals surface area (Å²) in [6, 6.07) is 7.27. The lowest BCUT2D eigenvalue weighted by Crippen LogP contribution is -2.55. The van der Waals surface area contributed by atoms with Crippen molar-refractivity contribution in [2.45, 2.75) is 25.9 Å². The number of rotatable bonds is 5. The maximum Gasteiger partial charge on any atom is 0.255 e. The van der Waals surface area contributed by atoms with Crippen molar-refractivity contribution >= 4 is 34.8 Å². The van der Waals surface area contributed by atoms with Crippen molar-refractivity contribution in [2.75, 3.05) is 61.6 Å². The first-order valence-electron chi connectivity index (χ1n) is 12.9. The zero-order valence-corrected chi connectivity index (χ0v) is 22.9. The highest BCUT2D eigenvalue weighted by Crippen LogP contribution is 2.36. The molecule has 206 valence electrons. The van der Waals surface area contributed by atoms with Gasteiger partial charge in [-0.25, -0.2) is 18.7 Å². The third-order valence-corrected chi connectivity index (χ3v) is 7.75. The molecule has 3 aromatic rings. The van der Waals surface area contributed by atoms with E-state index in [9.17, 15) is 9.18 Å². The fourth-order valence-corrected chi connectivity index (χ4v) is 5.15. The lowest BCUT2D eigenvalue weighted by atomic mass is 10.0. The van der Waals surface area contributed by atoms with Crippen molar-refractivity contribution in [3.8, 4) is 11.1 Å². The Bertz CT molecular complexity index is 1340. The molecule has 2 aliphatic heterocycles. The van der Waals surface area contributed by atoms with E-state index in [1.807, 2.05) is 4.90 Å². The van der Waals surface area contributed by atoms with E-state index < -0.39 is 17.5 Å². The van der Waals surface area contributed by atoms with Crippen LogP contribution in [-0.2, 0) is 4.74 Å². The normalized spacial score (nSPS) is 20.3. The molecule has 2 fully saturated rings. The molecule has 8 nitrogen and oxygen atoms in total. The largest absolute Gasteiger partial charge is 0.378 e. The number of carbonyl (C=O) groups is 1. The molecule has 2 aliphatic rings. The summed E-state index contributed by atoms with van der Waals surface area (Å²) in [4.78, 5) is 28.5. The Morgan fingerprint density at radius 1 is 1.00 bits per heavy atom. The molecule has 1 aromatic heterocycles. The van der Waals surface area contributed by atoms with Crippen molar-refractivity contribution < 1.29 is 18.3 Å². The van der Waals surface area contributed by atoms with Crippen LogP contribution in [0.4, 0.5) is 26.1 Å². The zero-order valence-electron chi connectivity index (χ0n) is 22.1. The number of piperazine rings is 1. The maximum absolute atomic E-state index is 15.7. The van der Waals surface area contributed by atoms with Gasteiger partial charge in [-0.2, -0.15) is 0 Å². The number of anilines is 3. The molecule has 0 spiro atoms. The molecule has 1 N–H and O–H groups in total. The Hall–Kier alpha value is -3.34. The van der Waals surface area contributed by atoms with Gasteiger partial charge in [0.1, 0.15) is 11.6 Å². The van der Waals surface area contributed by atoms with Gasteiger partial charge in [-0.15, -0.1) is 0 Å². The number of morpholine rings is 1. The van der Waals surface area contributed by atoms with Gasteiger partial charge in [-0.3, -0.25) is 9.69 Å². The van der Waals surface area contributed by atoms with Gasteiger partial charge in [0, 0.05) is 67.3 Å². The van der Waals surface area contributed by atoms with Gasteiger partial charge in [0.25, 0.3) is 5.91 Å². The van der Waals surface area contributed by atoms with E-state index in [1.54, 1.807) is 18.5 Å². The highest BCUT2D eigenvalue weighted by molar-refractivity contribution is 6.31. The maximum atomic E-state index is 15.7. The Kier molecular flexibility index (Phi) is 7.97. The Labute approximate surface area is 231 Å². The minimum absolute atomic E-state index is 0.151. The van der Waals surface area contributed by atoms with Crippen molar-refractivity contribution in [3.05, 3.63) is 64.9 Å². The number of aromatic nitrogens is 2. The summed E-state index contributed by atoms with van der Waals surface area (Å²) < 4.78 is 34.7. The molecule has 2 atom stereocenters. The van der Waals surface area contributed by atoms with Crippen LogP contribution < -0.4 is 15.1 Å². The van der Waals surface area contributed by atoms with Crippen molar-refractivity contribution in [2.24, 2.45) is 0 Å². The highest BCUT2D eigenvalue weighted by Gasteiger charge is 2.29. The molecule has 0 aliphatic carbocycles. The number of amides is 1. The van der Waals surface area contributed by atoms with Crippen LogP contribution in [0.15, 0.2) is 42.7 Å². The standard InChI is InChI=1S/C28H31ClF2N6O2/c1-17-15-37(16-18(2)35(17)3)26-12-24(31)21(20-13-32-28(33-14-20)36-6-8-39-9-7-36)11-25(26)34-27(38)19-4-5-23(30)22(29)10-19/h4-5,10-14,17-18H,6-9,15-16H2,1-3H3,(H,34,38)/t17-,18+. The van der Waals surface area contributed by atoms with E-state index in [-0.39, 0.29) is 28.2 Å². The molecule has 0 radical (unpaired) electrons. The quantitative estimate of drug-likeness (QED) is 0.488. The average Bonchev–Trinajstić information content (AvgIpc) is 2.94. The molecule has 0 bridgehead atoms. The molecule has 39 heavy (non-hydrogen) atoms. The number of hydrogen-bond donors (Lipinski definition) is 1. The SMILES string of the molecule is C[C@@H]1CN(c2cc(F)c(-c3cnc(N4CCOCC4)nc3)cc2NC(=O)c2ccc(F)c(Cl)c2)C[C@H](C)N1C. The van der Waals surface area contributed by atoms with Gasteiger partial charge >= 0.3 is 0 Å². The number of halogens is 3. The number of hydrogen-bond acceptors (Lipinski definition) is 7. The van der Waals surface area contributed by atoms with Crippen molar-refractivity contribution in [3.63, 3.8) is 0 Å². The number of likely N-dealkylation sites (N-methyl/N-ethyl adjacent to an activating group) is 1. The van der Waals surface area contributed by atoms with Gasteiger partial charge in [-0.05, 0) is 51.2 Å². The monoisotopic (exact) mass is 556 g/mol. The summed E-state index contributed by atoms with van der Waals surface area (Å²) in [5.41, 5.74) is 1.93. The zero-order chi connectivity index (χ0) is 27.7. The van der Waals surface area contributed by atoms with Crippen LogP contribution in [0.25, 0.3) is 11.1 Å². The number of carbonyl (C=O) groups excluding carboxylic acids is 1. The van der Waals surface area contributed by atoms with Crippen LogP contribution in [-0.4, -0.2) is 79.3 Å². The Morgan fingerprint density at radius 2 is 1.67 bits per heavy atom. The first kappa shape index (κ1) is 27.2. The van der Waals surface area contributed by atoms with E-state index in [2.05, 4.69) is 46.0 Å². The summed E-state index contributed by atoms with van der Waals surface area (Å²) in [6.45, 7) is 8.12. The summed E-state index contributed by atoms with van der Waals surface area (Å²) in [5, 5.41) is 2.76. The molecule has 0 unspecified atom stereocenters. The lowest BCUT2D eigenvalue weighted by Gasteiger charge is -2.44. The minimum atomic E-state index is -0.612. The van der Waals surface area contributed by atoms with E-state index >= 15 is 4.39 Å². The number of nitrogens with zero attached hydrogens (tertiary/aromatic N) is 5. The van der Waals surface area contributed by atoms with Crippen molar-refractivity contribution in [1.82, 2.24) is 14.9 Å². The first-order valence-corrected chi connectivity index (χ1v) is 13.3. The van der Waals surface area contributed by atoms with Crippen LogP contribution in [0.3, 0.4) is 0 Å². The van der Waals surface area contributed by atoms with Gasteiger partial charge < -0.3 is 19.9 Å². The van der Waals surface area contributed by atoms with Crippen LogP contribution in [0.2, 0.25) is 5.02 Å². The third-order valence-electron chi connectivity index (χ3n) is 7.46. The topological polar surface area (TPSA) is 73.8 Å². The Morgan fingerprint density at radius 3 is 2.31 bits per heavy atom. The molecule has 2 saturated heterocycles. The number of benzene rings is 2. The second kappa shape index (κ2) is 11.4. The lowest BCUT2D eigenvalue weighted by molar-refractivity contribution is 0.102. The fraction of sp³-hybridized carbons (Fsp3) is 0.393.